The van der Waals surface area contributed by atoms with E-state index in [-0.39, 0.29) is 12.4 Å². The van der Waals surface area contributed by atoms with Crippen LogP contribution in [0.5, 0.6) is 5.75 Å². The van der Waals surface area contributed by atoms with Crippen LogP contribution in [0.1, 0.15) is 29.8 Å². The van der Waals surface area contributed by atoms with Gasteiger partial charge in [0.05, 0.1) is 12.2 Å². The van der Waals surface area contributed by atoms with E-state index in [4.69, 9.17) is 10.5 Å². The number of anilines is 1. The van der Waals surface area contributed by atoms with E-state index in [1.165, 1.54) is 0 Å². The highest BCUT2D eigenvalue weighted by atomic mass is 19.4. The Morgan fingerprint density at radius 1 is 1.41 bits per heavy atom. The van der Waals surface area contributed by atoms with Crippen molar-refractivity contribution in [1.82, 2.24) is 0 Å². The third-order valence-corrected chi connectivity index (χ3v) is 2.12. The summed E-state index contributed by atoms with van der Waals surface area (Å²) >= 11 is 0. The summed E-state index contributed by atoms with van der Waals surface area (Å²) in [5.74, 6) is -0.547. The van der Waals surface area contributed by atoms with E-state index in [1.807, 2.05) is 0 Å². The molecule has 1 rings (SSSR count). The first-order valence-electron chi connectivity index (χ1n) is 4.91. The van der Waals surface area contributed by atoms with Gasteiger partial charge in [0.25, 0.3) is 0 Å². The van der Waals surface area contributed by atoms with Crippen LogP contribution in [0.3, 0.4) is 0 Å². The number of carbonyl (C=O) groups excluding carboxylic acids is 1. The number of hydrogen-bond donors (Lipinski definition) is 1. The van der Waals surface area contributed by atoms with Gasteiger partial charge < -0.3 is 10.5 Å². The molecule has 0 aliphatic rings. The van der Waals surface area contributed by atoms with Gasteiger partial charge in [0.2, 0.25) is 0 Å². The van der Waals surface area contributed by atoms with E-state index in [2.05, 4.69) is 0 Å². The van der Waals surface area contributed by atoms with Gasteiger partial charge in [-0.05, 0) is 19.9 Å². The molecule has 1 aromatic rings. The molecular weight excluding hydrogens is 235 g/mol. The normalized spacial score (nSPS) is 11.4. The number of rotatable bonds is 3. The molecule has 94 valence electrons. The standard InChI is InChI=1S/C11H12F3NO2/c1-3-17-7-4-8(6(2)16)10(9(15)5-7)11(12,13)14/h4-5H,3,15H2,1-2H3. The lowest BCUT2D eigenvalue weighted by Crippen LogP contribution is -2.15. The smallest absolute Gasteiger partial charge is 0.419 e. The molecule has 17 heavy (non-hydrogen) atoms. The third-order valence-electron chi connectivity index (χ3n) is 2.12. The molecule has 3 nitrogen and oxygen atoms in total. The number of hydrogen-bond acceptors (Lipinski definition) is 3. The summed E-state index contributed by atoms with van der Waals surface area (Å²) < 4.78 is 43.2. The van der Waals surface area contributed by atoms with Crippen molar-refractivity contribution in [3.8, 4) is 5.75 Å². The van der Waals surface area contributed by atoms with Crippen LogP contribution in [0.2, 0.25) is 0 Å². The summed E-state index contributed by atoms with van der Waals surface area (Å²) in [6.45, 7) is 3.02. The molecule has 0 aliphatic heterocycles. The molecule has 6 heteroatoms. The lowest BCUT2D eigenvalue weighted by atomic mass is 10.0. The molecule has 0 amide bonds. The molecule has 0 saturated carbocycles. The maximum absolute atomic E-state index is 12.7. The van der Waals surface area contributed by atoms with E-state index in [9.17, 15) is 18.0 Å². The number of Topliss-reactive ketones (excluding diaryl/α,β-unsaturated/α-hetero) is 1. The Balaban J connectivity index is 3.44. The predicted molar refractivity (Wildman–Crippen MR) is 57.0 cm³/mol. The van der Waals surface area contributed by atoms with Crippen molar-refractivity contribution in [3.05, 3.63) is 23.3 Å². The Bertz CT molecular complexity index is 441. The number of halogens is 3. The average molecular weight is 247 g/mol. The predicted octanol–water partition coefficient (Wildman–Crippen LogP) is 2.89. The third kappa shape index (κ3) is 2.89. The fourth-order valence-corrected chi connectivity index (χ4v) is 1.48. The van der Waals surface area contributed by atoms with Crippen LogP contribution in [0.25, 0.3) is 0 Å². The second kappa shape index (κ2) is 4.65. The molecule has 0 aliphatic carbocycles. The van der Waals surface area contributed by atoms with Gasteiger partial charge in [-0.25, -0.2) is 0 Å². The van der Waals surface area contributed by atoms with Crippen molar-refractivity contribution in [3.63, 3.8) is 0 Å². The van der Waals surface area contributed by atoms with Crippen LogP contribution < -0.4 is 10.5 Å². The van der Waals surface area contributed by atoms with Gasteiger partial charge in [-0.3, -0.25) is 4.79 Å². The van der Waals surface area contributed by atoms with E-state index < -0.39 is 28.8 Å². The first-order valence-corrected chi connectivity index (χ1v) is 4.91. The largest absolute Gasteiger partial charge is 0.494 e. The molecule has 0 unspecified atom stereocenters. The van der Waals surface area contributed by atoms with Gasteiger partial charge >= 0.3 is 6.18 Å². The number of nitrogen functional groups attached to an aromatic ring is 1. The number of benzene rings is 1. The Labute approximate surface area is 96.4 Å². The summed E-state index contributed by atoms with van der Waals surface area (Å²) in [6, 6.07) is 2.13. The number of carbonyl (C=O) groups is 1. The monoisotopic (exact) mass is 247 g/mol. The van der Waals surface area contributed by atoms with Crippen molar-refractivity contribution in [1.29, 1.82) is 0 Å². The second-order valence-corrected chi connectivity index (χ2v) is 3.42. The van der Waals surface area contributed by atoms with Gasteiger partial charge in [-0.1, -0.05) is 0 Å². The zero-order valence-electron chi connectivity index (χ0n) is 9.39. The Hall–Kier alpha value is -1.72. The SMILES string of the molecule is CCOc1cc(N)c(C(F)(F)F)c(C(C)=O)c1. The van der Waals surface area contributed by atoms with Crippen molar-refractivity contribution in [2.24, 2.45) is 0 Å². The topological polar surface area (TPSA) is 52.3 Å². The minimum atomic E-state index is -4.66. The maximum atomic E-state index is 12.7. The molecule has 0 bridgehead atoms. The van der Waals surface area contributed by atoms with Gasteiger partial charge in [0.1, 0.15) is 5.75 Å². The zero-order chi connectivity index (χ0) is 13.2. The van der Waals surface area contributed by atoms with Crippen LogP contribution >= 0.6 is 0 Å². The number of nitrogens with two attached hydrogens (primary N) is 1. The molecule has 0 fully saturated rings. The minimum absolute atomic E-state index is 0.156. The van der Waals surface area contributed by atoms with Crippen molar-refractivity contribution in [2.75, 3.05) is 12.3 Å². The van der Waals surface area contributed by atoms with Crippen LogP contribution in [0, 0.1) is 0 Å². The van der Waals surface area contributed by atoms with E-state index in [0.29, 0.717) is 0 Å². The molecule has 0 atom stereocenters. The molecule has 0 heterocycles. The Kier molecular flexibility index (Phi) is 3.65. The molecule has 0 radical (unpaired) electrons. The Morgan fingerprint density at radius 3 is 2.41 bits per heavy atom. The van der Waals surface area contributed by atoms with Gasteiger partial charge in [-0.15, -0.1) is 0 Å². The quantitative estimate of drug-likeness (QED) is 0.660. The maximum Gasteiger partial charge on any atom is 0.419 e. The first kappa shape index (κ1) is 13.3. The molecule has 1 aromatic carbocycles. The summed E-state index contributed by atoms with van der Waals surface area (Å²) in [7, 11) is 0. The summed E-state index contributed by atoms with van der Waals surface area (Å²) in [5.41, 5.74) is 3.24. The highest BCUT2D eigenvalue weighted by Gasteiger charge is 2.37. The van der Waals surface area contributed by atoms with Crippen LogP contribution in [-0.4, -0.2) is 12.4 Å². The number of ketones is 1. The van der Waals surface area contributed by atoms with E-state index in [0.717, 1.165) is 19.1 Å². The molecular formula is C11H12F3NO2. The average Bonchev–Trinajstić information content (AvgIpc) is 2.14. The highest BCUT2D eigenvalue weighted by molar-refractivity contribution is 5.97. The van der Waals surface area contributed by atoms with Crippen molar-refractivity contribution < 1.29 is 22.7 Å². The van der Waals surface area contributed by atoms with Gasteiger partial charge in [0, 0.05) is 17.3 Å². The minimum Gasteiger partial charge on any atom is -0.494 e. The number of ether oxygens (including phenoxy) is 1. The summed E-state index contributed by atoms with van der Waals surface area (Å²) in [6.07, 6.45) is -4.66. The second-order valence-electron chi connectivity index (χ2n) is 3.42. The zero-order valence-corrected chi connectivity index (χ0v) is 9.39. The summed E-state index contributed by atoms with van der Waals surface area (Å²) in [5, 5.41) is 0. The Morgan fingerprint density at radius 2 is 2.00 bits per heavy atom. The highest BCUT2D eigenvalue weighted by Crippen LogP contribution is 2.38. The van der Waals surface area contributed by atoms with Crippen molar-refractivity contribution >= 4 is 11.5 Å². The van der Waals surface area contributed by atoms with Crippen LogP contribution in [0.15, 0.2) is 12.1 Å². The molecule has 0 spiro atoms. The van der Waals surface area contributed by atoms with E-state index in [1.54, 1.807) is 6.92 Å². The summed E-state index contributed by atoms with van der Waals surface area (Å²) in [4.78, 5) is 11.2. The van der Waals surface area contributed by atoms with Gasteiger partial charge in [0.15, 0.2) is 5.78 Å². The van der Waals surface area contributed by atoms with Gasteiger partial charge in [-0.2, -0.15) is 13.2 Å². The first-order chi connectivity index (χ1) is 7.77. The molecule has 0 aromatic heterocycles. The number of alkyl halides is 3. The molecule has 0 saturated heterocycles. The fraction of sp³-hybridized carbons (Fsp3) is 0.364. The van der Waals surface area contributed by atoms with Crippen LogP contribution in [-0.2, 0) is 6.18 Å². The lowest BCUT2D eigenvalue weighted by Gasteiger charge is -2.15. The van der Waals surface area contributed by atoms with Crippen LogP contribution in [0.4, 0.5) is 18.9 Å². The van der Waals surface area contributed by atoms with Crippen molar-refractivity contribution in [2.45, 2.75) is 20.0 Å². The molecule has 2 N–H and O–H groups in total. The fourth-order valence-electron chi connectivity index (χ4n) is 1.48. The lowest BCUT2D eigenvalue weighted by molar-refractivity contribution is -0.137. The van der Waals surface area contributed by atoms with E-state index >= 15 is 0 Å².